The van der Waals surface area contributed by atoms with Gasteiger partial charge >= 0.3 is 18.0 Å². The standard InChI is InChI=1S/C24H20Br2Cl2N2O4.C17H17Br2NO3/c1-33-16-8-6-14(7-9-16)12-30(24(32)29-22-20(27)4-3-5-21(22)28)13-17-18(25)10-15(11-19(17)26)23(31)34-2;1-22-13-5-3-11(4-6-13)9-20-10-14-15(18)7-12(8-16(14)19)17(21)23-2/h3-11H,12-13H2,1-2H3,(H,29,32);3-8,20H,9-10H2,1-2H3. The number of carbonyl (C=O) groups excluding carboxylic acids is 3. The molecule has 0 aromatic heterocycles. The van der Waals surface area contributed by atoms with E-state index in [9.17, 15) is 14.4 Å². The lowest BCUT2D eigenvalue weighted by molar-refractivity contribution is 0.0591. The maximum Gasteiger partial charge on any atom is 0.337 e. The molecule has 0 spiro atoms. The first-order valence-corrected chi connectivity index (χ1v) is 20.8. The predicted molar refractivity (Wildman–Crippen MR) is 238 cm³/mol. The van der Waals surface area contributed by atoms with Crippen LogP contribution < -0.4 is 20.1 Å². The molecule has 0 saturated heterocycles. The highest BCUT2D eigenvalue weighted by Crippen LogP contribution is 2.33. The monoisotopic (exact) mass is 1070 g/mol. The van der Waals surface area contributed by atoms with E-state index in [1.165, 1.54) is 19.8 Å². The van der Waals surface area contributed by atoms with Crippen LogP contribution in [-0.2, 0) is 35.7 Å². The van der Waals surface area contributed by atoms with Crippen molar-refractivity contribution in [1.29, 1.82) is 0 Å². The smallest absolute Gasteiger partial charge is 0.337 e. The van der Waals surface area contributed by atoms with Crippen molar-refractivity contribution in [1.82, 2.24) is 10.2 Å². The fraction of sp³-hybridized carbons (Fsp3) is 0.195. The Morgan fingerprint density at radius 3 is 1.47 bits per heavy atom. The molecular formula is C41H37Br4Cl2N3O7. The number of nitrogens with one attached hydrogen (secondary N) is 2. The molecule has 0 heterocycles. The molecule has 10 nitrogen and oxygen atoms in total. The second-order valence-corrected chi connectivity index (χ2v) is 16.2. The Hall–Kier alpha value is -3.63. The van der Waals surface area contributed by atoms with Gasteiger partial charge in [0.15, 0.2) is 0 Å². The molecule has 5 aromatic carbocycles. The Labute approximate surface area is 375 Å². The third-order valence-electron chi connectivity index (χ3n) is 8.28. The molecule has 5 aromatic rings. The topological polar surface area (TPSA) is 115 Å². The Kier molecular flexibility index (Phi) is 18.2. The largest absolute Gasteiger partial charge is 0.497 e. The van der Waals surface area contributed by atoms with Crippen LogP contribution in [0.15, 0.2) is 109 Å². The van der Waals surface area contributed by atoms with Gasteiger partial charge in [-0.15, -0.1) is 0 Å². The van der Waals surface area contributed by atoms with Crippen molar-refractivity contribution in [3.05, 3.63) is 152 Å². The zero-order valence-electron chi connectivity index (χ0n) is 31.1. The molecule has 16 heteroatoms. The lowest BCUT2D eigenvalue weighted by atomic mass is 10.1. The summed E-state index contributed by atoms with van der Waals surface area (Å²) in [7, 11) is 5.93. The molecule has 2 amide bonds. The molecule has 0 aliphatic heterocycles. The number of esters is 2. The van der Waals surface area contributed by atoms with Crippen molar-refractivity contribution in [3.8, 4) is 11.5 Å². The van der Waals surface area contributed by atoms with Gasteiger partial charge in [-0.1, -0.05) is 117 Å². The Morgan fingerprint density at radius 1 is 0.596 bits per heavy atom. The molecule has 0 aliphatic rings. The SMILES string of the molecule is COC(=O)c1cc(Br)c(CN(Cc2ccc(OC)cc2)C(=O)Nc2c(Cl)cccc2Cl)c(Br)c1.COC(=O)c1cc(Br)c(CNCc2ccc(OC)cc2)c(Br)c1. The van der Waals surface area contributed by atoms with E-state index in [0.717, 1.165) is 37.9 Å². The number of anilines is 1. The van der Waals surface area contributed by atoms with Crippen molar-refractivity contribution < 1.29 is 33.3 Å². The zero-order chi connectivity index (χ0) is 41.6. The van der Waals surface area contributed by atoms with Crippen LogP contribution in [-0.4, -0.2) is 51.3 Å². The summed E-state index contributed by atoms with van der Waals surface area (Å²) < 4.78 is 22.9. The van der Waals surface area contributed by atoms with Crippen molar-refractivity contribution >= 4 is 111 Å². The van der Waals surface area contributed by atoms with Crippen LogP contribution in [0.2, 0.25) is 10.0 Å². The van der Waals surface area contributed by atoms with Crippen LogP contribution in [0, 0.1) is 0 Å². The lowest BCUT2D eigenvalue weighted by Crippen LogP contribution is -2.34. The third kappa shape index (κ3) is 13.2. The Balaban J connectivity index is 0.000000273. The highest BCUT2D eigenvalue weighted by molar-refractivity contribution is 9.11. The second-order valence-electron chi connectivity index (χ2n) is 12.0. The summed E-state index contributed by atoms with van der Waals surface area (Å²) >= 11 is 26.5. The predicted octanol–water partition coefficient (Wildman–Crippen LogP) is 11.8. The van der Waals surface area contributed by atoms with Crippen LogP contribution in [0.5, 0.6) is 11.5 Å². The number of methoxy groups -OCH3 is 4. The van der Waals surface area contributed by atoms with Gasteiger partial charge in [0.25, 0.3) is 0 Å². The molecule has 0 unspecified atom stereocenters. The van der Waals surface area contributed by atoms with Crippen molar-refractivity contribution in [2.24, 2.45) is 0 Å². The van der Waals surface area contributed by atoms with E-state index in [0.29, 0.717) is 48.1 Å². The fourth-order valence-electron chi connectivity index (χ4n) is 5.22. The molecule has 0 radical (unpaired) electrons. The van der Waals surface area contributed by atoms with Gasteiger partial charge in [-0.3, -0.25) is 0 Å². The quantitative estimate of drug-likeness (QED) is 0.112. The van der Waals surface area contributed by atoms with Crippen molar-refractivity contribution in [3.63, 3.8) is 0 Å². The molecule has 0 saturated carbocycles. The first-order chi connectivity index (χ1) is 27.3. The summed E-state index contributed by atoms with van der Waals surface area (Å²) in [6, 6.07) is 26.8. The van der Waals surface area contributed by atoms with Crippen molar-refractivity contribution in [2.75, 3.05) is 33.8 Å². The zero-order valence-corrected chi connectivity index (χ0v) is 38.9. The van der Waals surface area contributed by atoms with E-state index in [-0.39, 0.29) is 19.1 Å². The van der Waals surface area contributed by atoms with E-state index >= 15 is 0 Å². The summed E-state index contributed by atoms with van der Waals surface area (Å²) in [5, 5.41) is 6.85. The van der Waals surface area contributed by atoms with Crippen LogP contribution in [0.1, 0.15) is 43.0 Å². The molecule has 0 bridgehead atoms. The Morgan fingerprint density at radius 2 is 1.04 bits per heavy atom. The van der Waals surface area contributed by atoms with Gasteiger partial charge in [0.1, 0.15) is 11.5 Å². The number of benzene rings is 5. The average molecular weight is 1070 g/mol. The Bertz CT molecular complexity index is 2130. The van der Waals surface area contributed by atoms with E-state index in [1.807, 2.05) is 48.5 Å². The van der Waals surface area contributed by atoms with Gasteiger partial charge in [-0.05, 0) is 82.9 Å². The lowest BCUT2D eigenvalue weighted by Gasteiger charge is -2.25. The first kappa shape index (κ1) is 46.1. The average Bonchev–Trinajstić information content (AvgIpc) is 3.21. The molecule has 2 N–H and O–H groups in total. The number of amides is 2. The highest BCUT2D eigenvalue weighted by Gasteiger charge is 2.22. The van der Waals surface area contributed by atoms with Gasteiger partial charge in [-0.25, -0.2) is 14.4 Å². The van der Waals surface area contributed by atoms with E-state index < -0.39 is 12.0 Å². The molecule has 5 rings (SSSR count). The number of nitrogens with zero attached hydrogens (tertiary/aromatic N) is 1. The highest BCUT2D eigenvalue weighted by atomic mass is 79.9. The molecule has 300 valence electrons. The molecular weight excluding hydrogens is 1040 g/mol. The molecule has 57 heavy (non-hydrogen) atoms. The maximum absolute atomic E-state index is 13.4. The molecule has 0 fully saturated rings. The second kappa shape index (κ2) is 22.5. The molecule has 0 aliphatic carbocycles. The third-order valence-corrected chi connectivity index (χ3v) is 11.7. The number of carbonyl (C=O) groups is 3. The van der Waals surface area contributed by atoms with E-state index in [1.54, 1.807) is 61.6 Å². The minimum atomic E-state index is -0.464. The van der Waals surface area contributed by atoms with Crippen LogP contribution >= 0.6 is 86.9 Å². The number of urea groups is 1. The van der Waals surface area contributed by atoms with Crippen molar-refractivity contribution in [2.45, 2.75) is 26.2 Å². The van der Waals surface area contributed by atoms with Gasteiger partial charge in [0.05, 0.1) is 61.8 Å². The number of ether oxygens (including phenoxy) is 4. The van der Waals surface area contributed by atoms with Crippen LogP contribution in [0.3, 0.4) is 0 Å². The summed E-state index contributed by atoms with van der Waals surface area (Å²) in [6.45, 7) is 1.90. The van der Waals surface area contributed by atoms with Gasteiger partial charge in [0, 0.05) is 37.5 Å². The van der Waals surface area contributed by atoms with Gasteiger partial charge in [0.2, 0.25) is 0 Å². The maximum atomic E-state index is 13.4. The summed E-state index contributed by atoms with van der Waals surface area (Å²) in [5.74, 6) is 0.738. The summed E-state index contributed by atoms with van der Waals surface area (Å²) in [4.78, 5) is 38.5. The fourth-order valence-corrected chi connectivity index (χ4v) is 8.61. The van der Waals surface area contributed by atoms with Crippen LogP contribution in [0.4, 0.5) is 10.5 Å². The number of para-hydroxylation sites is 1. The van der Waals surface area contributed by atoms with Crippen LogP contribution in [0.25, 0.3) is 0 Å². The number of rotatable bonds is 13. The first-order valence-electron chi connectivity index (χ1n) is 16.9. The normalized spacial score (nSPS) is 10.5. The van der Waals surface area contributed by atoms with E-state index in [4.69, 9.17) is 42.1 Å². The number of hydrogen-bond acceptors (Lipinski definition) is 8. The van der Waals surface area contributed by atoms with E-state index in [2.05, 4.69) is 74.4 Å². The molecule has 0 atom stereocenters. The summed E-state index contributed by atoms with van der Waals surface area (Å²) in [5.41, 5.74) is 5.08. The summed E-state index contributed by atoms with van der Waals surface area (Å²) in [6.07, 6.45) is 0. The van der Waals surface area contributed by atoms with Gasteiger partial charge < -0.3 is 34.5 Å². The minimum absolute atomic E-state index is 0.211. The number of hydrogen-bond donors (Lipinski definition) is 2. The minimum Gasteiger partial charge on any atom is -0.497 e. The van der Waals surface area contributed by atoms with Gasteiger partial charge in [-0.2, -0.15) is 0 Å². The number of halogens is 6.